The Bertz CT molecular complexity index is 553. The summed E-state index contributed by atoms with van der Waals surface area (Å²) in [5.74, 6) is -3.13. The zero-order chi connectivity index (χ0) is 14.0. The number of hydrogen-bond donors (Lipinski definition) is 1. The summed E-state index contributed by atoms with van der Waals surface area (Å²) in [4.78, 5) is 0. The molecule has 0 aliphatic heterocycles. The Morgan fingerprint density at radius 1 is 1.11 bits per heavy atom. The lowest BCUT2D eigenvalue weighted by molar-refractivity contribution is 0.392. The number of hydrogen-bond acceptors (Lipinski definition) is 3. The Morgan fingerprint density at radius 2 is 1.74 bits per heavy atom. The topological polar surface area (TPSA) is 38.1 Å². The van der Waals surface area contributed by atoms with Gasteiger partial charge >= 0.3 is 0 Å². The molecule has 0 atom stereocenters. The molecule has 0 spiro atoms. The van der Waals surface area contributed by atoms with Crippen LogP contribution in [0.5, 0.6) is 0 Å². The van der Waals surface area contributed by atoms with E-state index in [0.717, 1.165) is 23.4 Å². The highest BCUT2D eigenvalue weighted by molar-refractivity contribution is 5.22. The van der Waals surface area contributed by atoms with Crippen molar-refractivity contribution in [2.45, 2.75) is 26.9 Å². The van der Waals surface area contributed by atoms with Crippen LogP contribution in [0.25, 0.3) is 0 Å². The van der Waals surface area contributed by atoms with Crippen molar-refractivity contribution in [1.82, 2.24) is 10.5 Å². The molecular weight excluding hydrogens is 257 g/mol. The van der Waals surface area contributed by atoms with Gasteiger partial charge in [0, 0.05) is 18.7 Å². The Labute approximate surface area is 108 Å². The second-order valence-electron chi connectivity index (χ2n) is 4.28. The summed E-state index contributed by atoms with van der Waals surface area (Å²) < 4.78 is 43.8. The van der Waals surface area contributed by atoms with Crippen LogP contribution in [0.2, 0.25) is 0 Å². The molecule has 0 saturated heterocycles. The number of rotatable bonds is 4. The van der Waals surface area contributed by atoms with Crippen LogP contribution in [-0.4, -0.2) is 5.16 Å². The normalized spacial score (nSPS) is 11.0. The second kappa shape index (κ2) is 5.44. The fourth-order valence-electron chi connectivity index (χ4n) is 1.80. The number of nitrogens with zero attached hydrogens (tertiary/aromatic N) is 1. The molecule has 19 heavy (non-hydrogen) atoms. The third-order valence-corrected chi connectivity index (χ3v) is 2.86. The van der Waals surface area contributed by atoms with Crippen LogP contribution in [0, 0.1) is 31.3 Å². The molecule has 6 heteroatoms. The van der Waals surface area contributed by atoms with Crippen LogP contribution in [0.3, 0.4) is 0 Å². The molecule has 2 rings (SSSR count). The Hall–Kier alpha value is -1.82. The zero-order valence-electron chi connectivity index (χ0n) is 10.6. The van der Waals surface area contributed by atoms with Crippen molar-refractivity contribution in [1.29, 1.82) is 0 Å². The second-order valence-corrected chi connectivity index (χ2v) is 4.28. The molecule has 102 valence electrons. The maximum absolute atomic E-state index is 13.0. The first-order chi connectivity index (χ1) is 8.99. The molecule has 1 aromatic heterocycles. The molecule has 0 bridgehead atoms. The highest BCUT2D eigenvalue weighted by Crippen LogP contribution is 2.15. The van der Waals surface area contributed by atoms with E-state index in [2.05, 4.69) is 10.5 Å². The number of benzene rings is 1. The van der Waals surface area contributed by atoms with Crippen molar-refractivity contribution in [2.75, 3.05) is 0 Å². The average molecular weight is 270 g/mol. The number of nitrogens with one attached hydrogen (secondary N) is 1. The predicted octanol–water partition coefficient (Wildman–Crippen LogP) is 3.00. The van der Waals surface area contributed by atoms with Crippen LogP contribution in [0.1, 0.15) is 22.6 Å². The molecule has 0 saturated carbocycles. The van der Waals surface area contributed by atoms with Crippen molar-refractivity contribution >= 4 is 0 Å². The molecule has 1 N–H and O–H groups in total. The van der Waals surface area contributed by atoms with Crippen LogP contribution in [-0.2, 0) is 13.1 Å². The molecule has 3 nitrogen and oxygen atoms in total. The summed E-state index contributed by atoms with van der Waals surface area (Å²) in [6, 6.07) is 1.94. The standard InChI is InChI=1S/C13H13F3N2O/c1-7-10(8(2)19-18-7)6-17-5-9-3-11(14)13(16)12(15)4-9/h3-4,17H,5-6H2,1-2H3. The summed E-state index contributed by atoms with van der Waals surface area (Å²) in [5, 5.41) is 6.80. The first-order valence-corrected chi connectivity index (χ1v) is 5.75. The van der Waals surface area contributed by atoms with E-state index in [0.29, 0.717) is 17.9 Å². The van der Waals surface area contributed by atoms with Crippen LogP contribution in [0.4, 0.5) is 13.2 Å². The lowest BCUT2D eigenvalue weighted by Gasteiger charge is -2.06. The van der Waals surface area contributed by atoms with Crippen LogP contribution < -0.4 is 5.32 Å². The van der Waals surface area contributed by atoms with E-state index >= 15 is 0 Å². The van der Waals surface area contributed by atoms with Gasteiger partial charge in [-0.15, -0.1) is 0 Å². The molecule has 0 unspecified atom stereocenters. The maximum atomic E-state index is 13.0. The lowest BCUT2D eigenvalue weighted by Crippen LogP contribution is -2.14. The first kappa shape index (κ1) is 13.6. The van der Waals surface area contributed by atoms with Gasteiger partial charge in [-0.2, -0.15) is 0 Å². The van der Waals surface area contributed by atoms with E-state index in [9.17, 15) is 13.2 Å². The van der Waals surface area contributed by atoms with Gasteiger partial charge in [0.15, 0.2) is 17.5 Å². The number of halogens is 3. The summed E-state index contributed by atoms with van der Waals surface area (Å²) in [7, 11) is 0. The monoisotopic (exact) mass is 270 g/mol. The van der Waals surface area contributed by atoms with Crippen molar-refractivity contribution in [3.8, 4) is 0 Å². The zero-order valence-corrected chi connectivity index (χ0v) is 10.6. The molecule has 0 aliphatic rings. The Morgan fingerprint density at radius 3 is 2.26 bits per heavy atom. The molecule has 0 fully saturated rings. The van der Waals surface area contributed by atoms with Crippen LogP contribution in [0.15, 0.2) is 16.7 Å². The first-order valence-electron chi connectivity index (χ1n) is 5.75. The third kappa shape index (κ3) is 2.96. The van der Waals surface area contributed by atoms with E-state index < -0.39 is 17.5 Å². The highest BCUT2D eigenvalue weighted by Gasteiger charge is 2.11. The van der Waals surface area contributed by atoms with Crippen molar-refractivity contribution in [3.05, 3.63) is 52.2 Å². The van der Waals surface area contributed by atoms with Gasteiger partial charge < -0.3 is 9.84 Å². The Balaban J connectivity index is 2.00. The van der Waals surface area contributed by atoms with Crippen molar-refractivity contribution < 1.29 is 17.7 Å². The van der Waals surface area contributed by atoms with E-state index in [4.69, 9.17) is 4.52 Å². The molecule has 2 aromatic rings. The quantitative estimate of drug-likeness (QED) is 0.868. The Kier molecular flexibility index (Phi) is 3.90. The van der Waals surface area contributed by atoms with E-state index in [1.807, 2.05) is 6.92 Å². The van der Waals surface area contributed by atoms with Crippen LogP contribution >= 0.6 is 0 Å². The largest absolute Gasteiger partial charge is 0.361 e. The van der Waals surface area contributed by atoms with Gasteiger partial charge in [0.1, 0.15) is 5.76 Å². The fourth-order valence-corrected chi connectivity index (χ4v) is 1.80. The molecular formula is C13H13F3N2O. The molecule has 0 aliphatic carbocycles. The minimum Gasteiger partial charge on any atom is -0.361 e. The average Bonchev–Trinajstić information content (AvgIpc) is 2.67. The molecule has 0 amide bonds. The van der Waals surface area contributed by atoms with E-state index in [-0.39, 0.29) is 6.54 Å². The van der Waals surface area contributed by atoms with E-state index in [1.54, 1.807) is 6.92 Å². The van der Waals surface area contributed by atoms with Gasteiger partial charge in [-0.1, -0.05) is 5.16 Å². The highest BCUT2D eigenvalue weighted by atomic mass is 19.2. The third-order valence-electron chi connectivity index (χ3n) is 2.86. The van der Waals surface area contributed by atoms with Gasteiger partial charge in [-0.3, -0.25) is 0 Å². The number of aryl methyl sites for hydroxylation is 2. The SMILES string of the molecule is Cc1noc(C)c1CNCc1cc(F)c(F)c(F)c1. The summed E-state index contributed by atoms with van der Waals surface area (Å²) >= 11 is 0. The molecule has 1 aromatic carbocycles. The van der Waals surface area contributed by atoms with Gasteiger partial charge in [0.25, 0.3) is 0 Å². The summed E-state index contributed by atoms with van der Waals surface area (Å²) in [6.07, 6.45) is 0. The fraction of sp³-hybridized carbons (Fsp3) is 0.308. The summed E-state index contributed by atoms with van der Waals surface area (Å²) in [5.41, 5.74) is 2.01. The smallest absolute Gasteiger partial charge is 0.194 e. The minimum absolute atomic E-state index is 0.220. The van der Waals surface area contributed by atoms with Gasteiger partial charge in [-0.25, -0.2) is 13.2 Å². The molecule has 1 heterocycles. The summed E-state index contributed by atoms with van der Waals surface area (Å²) in [6.45, 7) is 4.28. The molecule has 0 radical (unpaired) electrons. The lowest BCUT2D eigenvalue weighted by atomic mass is 10.2. The van der Waals surface area contributed by atoms with Gasteiger partial charge in [0.2, 0.25) is 0 Å². The van der Waals surface area contributed by atoms with Crippen molar-refractivity contribution in [3.63, 3.8) is 0 Å². The number of aromatic nitrogens is 1. The van der Waals surface area contributed by atoms with Gasteiger partial charge in [0.05, 0.1) is 5.69 Å². The van der Waals surface area contributed by atoms with Gasteiger partial charge in [-0.05, 0) is 31.5 Å². The van der Waals surface area contributed by atoms with E-state index in [1.165, 1.54) is 0 Å². The maximum Gasteiger partial charge on any atom is 0.194 e. The minimum atomic E-state index is -1.45. The van der Waals surface area contributed by atoms with Crippen molar-refractivity contribution in [2.24, 2.45) is 0 Å². The predicted molar refractivity (Wildman–Crippen MR) is 62.8 cm³/mol.